The Morgan fingerprint density at radius 2 is 1.76 bits per heavy atom. The predicted molar refractivity (Wildman–Crippen MR) is 71.4 cm³/mol. The lowest BCUT2D eigenvalue weighted by Crippen LogP contribution is -2.30. The standard InChI is InChI=1S/C15H23NO/c1-9-8-10(2)12(4)14(11(9)3)15(17)13-6-5-7-16-13/h8,13,15-17H,5-7H2,1-4H3. The van der Waals surface area contributed by atoms with Crippen molar-refractivity contribution in [2.45, 2.75) is 52.7 Å². The van der Waals surface area contributed by atoms with E-state index in [-0.39, 0.29) is 12.1 Å². The number of nitrogens with one attached hydrogen (secondary N) is 1. The van der Waals surface area contributed by atoms with E-state index in [9.17, 15) is 5.11 Å². The Labute approximate surface area is 104 Å². The summed E-state index contributed by atoms with van der Waals surface area (Å²) in [5.74, 6) is 0. The maximum Gasteiger partial charge on any atom is 0.0948 e. The van der Waals surface area contributed by atoms with E-state index in [0.29, 0.717) is 0 Å². The third-order valence-corrected chi connectivity index (χ3v) is 4.20. The summed E-state index contributed by atoms with van der Waals surface area (Å²) in [6.07, 6.45) is 1.88. The third-order valence-electron chi connectivity index (χ3n) is 4.20. The minimum absolute atomic E-state index is 0.230. The Hall–Kier alpha value is -0.860. The van der Waals surface area contributed by atoms with Crippen molar-refractivity contribution in [3.8, 4) is 0 Å². The van der Waals surface area contributed by atoms with Crippen LogP contribution in [0.2, 0.25) is 0 Å². The highest BCUT2D eigenvalue weighted by Gasteiger charge is 2.27. The van der Waals surface area contributed by atoms with Gasteiger partial charge in [-0.2, -0.15) is 0 Å². The average molecular weight is 233 g/mol. The summed E-state index contributed by atoms with van der Waals surface area (Å²) in [5.41, 5.74) is 6.19. The van der Waals surface area contributed by atoms with E-state index >= 15 is 0 Å². The van der Waals surface area contributed by atoms with E-state index in [1.807, 2.05) is 0 Å². The highest BCUT2D eigenvalue weighted by molar-refractivity contribution is 5.45. The van der Waals surface area contributed by atoms with Crippen LogP contribution in [-0.4, -0.2) is 17.7 Å². The van der Waals surface area contributed by atoms with Crippen molar-refractivity contribution in [1.82, 2.24) is 5.32 Å². The van der Waals surface area contributed by atoms with E-state index in [1.54, 1.807) is 0 Å². The Morgan fingerprint density at radius 3 is 2.24 bits per heavy atom. The van der Waals surface area contributed by atoms with Gasteiger partial charge >= 0.3 is 0 Å². The number of benzene rings is 1. The molecule has 2 rings (SSSR count). The van der Waals surface area contributed by atoms with Gasteiger partial charge in [-0.05, 0) is 74.9 Å². The molecule has 2 nitrogen and oxygen atoms in total. The molecule has 1 saturated heterocycles. The van der Waals surface area contributed by atoms with Crippen LogP contribution in [0.25, 0.3) is 0 Å². The van der Waals surface area contributed by atoms with Crippen molar-refractivity contribution >= 4 is 0 Å². The lowest BCUT2D eigenvalue weighted by Gasteiger charge is -2.24. The maximum absolute atomic E-state index is 10.6. The van der Waals surface area contributed by atoms with Crippen molar-refractivity contribution < 1.29 is 5.11 Å². The first-order valence-corrected chi connectivity index (χ1v) is 6.51. The second-order valence-electron chi connectivity index (χ2n) is 5.32. The monoisotopic (exact) mass is 233 g/mol. The minimum atomic E-state index is -0.365. The Bertz CT molecular complexity index is 393. The molecule has 1 heterocycles. The lowest BCUT2D eigenvalue weighted by atomic mass is 9.88. The summed E-state index contributed by atoms with van der Waals surface area (Å²) in [5, 5.41) is 14.0. The molecule has 0 radical (unpaired) electrons. The van der Waals surface area contributed by atoms with Gasteiger partial charge in [-0.1, -0.05) is 6.07 Å². The van der Waals surface area contributed by atoms with Gasteiger partial charge in [0.05, 0.1) is 6.10 Å². The maximum atomic E-state index is 10.6. The van der Waals surface area contributed by atoms with Crippen LogP contribution in [0.1, 0.15) is 46.8 Å². The fraction of sp³-hybridized carbons (Fsp3) is 0.600. The van der Waals surface area contributed by atoms with Crippen LogP contribution >= 0.6 is 0 Å². The summed E-state index contributed by atoms with van der Waals surface area (Å²) in [6.45, 7) is 9.52. The van der Waals surface area contributed by atoms with Crippen LogP contribution in [0, 0.1) is 27.7 Å². The highest BCUT2D eigenvalue weighted by atomic mass is 16.3. The van der Waals surface area contributed by atoms with Gasteiger partial charge in [0, 0.05) is 6.04 Å². The van der Waals surface area contributed by atoms with Crippen molar-refractivity contribution in [3.05, 3.63) is 33.9 Å². The van der Waals surface area contributed by atoms with Crippen molar-refractivity contribution in [1.29, 1.82) is 0 Å². The van der Waals surface area contributed by atoms with Crippen LogP contribution in [0.4, 0.5) is 0 Å². The van der Waals surface area contributed by atoms with Crippen molar-refractivity contribution in [2.24, 2.45) is 0 Å². The first kappa shape index (κ1) is 12.6. The number of aliphatic hydroxyl groups excluding tert-OH is 1. The SMILES string of the molecule is Cc1cc(C)c(C)c(C(O)C2CCCN2)c1C. The summed E-state index contributed by atoms with van der Waals surface area (Å²) in [4.78, 5) is 0. The number of aliphatic hydroxyl groups is 1. The molecule has 0 spiro atoms. The first-order chi connectivity index (χ1) is 8.02. The van der Waals surface area contributed by atoms with Crippen LogP contribution in [-0.2, 0) is 0 Å². The van der Waals surface area contributed by atoms with Gasteiger partial charge < -0.3 is 10.4 Å². The molecule has 2 atom stereocenters. The molecular formula is C15H23NO. The molecule has 1 aliphatic heterocycles. The largest absolute Gasteiger partial charge is 0.387 e. The molecule has 1 fully saturated rings. The zero-order chi connectivity index (χ0) is 12.6. The fourth-order valence-corrected chi connectivity index (χ4v) is 2.87. The zero-order valence-corrected chi connectivity index (χ0v) is 11.3. The van der Waals surface area contributed by atoms with Gasteiger partial charge in [0.15, 0.2) is 0 Å². The molecule has 1 aromatic carbocycles. The van der Waals surface area contributed by atoms with Gasteiger partial charge in [-0.3, -0.25) is 0 Å². The van der Waals surface area contributed by atoms with E-state index in [2.05, 4.69) is 39.1 Å². The summed E-state index contributed by atoms with van der Waals surface area (Å²) < 4.78 is 0. The number of hydrogen-bond acceptors (Lipinski definition) is 2. The normalized spacial score (nSPS) is 21.8. The average Bonchev–Trinajstić information content (AvgIpc) is 2.80. The molecule has 0 saturated carbocycles. The van der Waals surface area contributed by atoms with Crippen molar-refractivity contribution in [2.75, 3.05) is 6.54 Å². The van der Waals surface area contributed by atoms with Gasteiger partial charge in [-0.15, -0.1) is 0 Å². The van der Waals surface area contributed by atoms with Crippen LogP contribution in [0.3, 0.4) is 0 Å². The molecule has 1 aromatic rings. The molecular weight excluding hydrogens is 210 g/mol. The van der Waals surface area contributed by atoms with Gasteiger partial charge in [-0.25, -0.2) is 0 Å². The van der Waals surface area contributed by atoms with Gasteiger partial charge in [0.2, 0.25) is 0 Å². The quantitative estimate of drug-likeness (QED) is 0.823. The fourth-order valence-electron chi connectivity index (χ4n) is 2.87. The summed E-state index contributed by atoms with van der Waals surface area (Å²) in [7, 11) is 0. The zero-order valence-electron chi connectivity index (χ0n) is 11.3. The first-order valence-electron chi connectivity index (χ1n) is 6.51. The Kier molecular flexibility index (Phi) is 3.55. The van der Waals surface area contributed by atoms with Crippen molar-refractivity contribution in [3.63, 3.8) is 0 Å². The predicted octanol–water partition coefficient (Wildman–Crippen LogP) is 2.71. The topological polar surface area (TPSA) is 32.3 Å². The minimum Gasteiger partial charge on any atom is -0.387 e. The second kappa shape index (κ2) is 4.79. The molecule has 2 N–H and O–H groups in total. The number of hydrogen-bond donors (Lipinski definition) is 2. The molecule has 2 heteroatoms. The molecule has 0 aliphatic carbocycles. The van der Waals surface area contributed by atoms with E-state index < -0.39 is 0 Å². The Morgan fingerprint density at radius 1 is 1.18 bits per heavy atom. The highest BCUT2D eigenvalue weighted by Crippen LogP contribution is 2.31. The number of rotatable bonds is 2. The third kappa shape index (κ3) is 2.24. The Balaban J connectivity index is 2.42. The molecule has 2 unspecified atom stereocenters. The second-order valence-corrected chi connectivity index (χ2v) is 5.32. The number of aryl methyl sites for hydroxylation is 2. The van der Waals surface area contributed by atoms with Crippen LogP contribution in [0.5, 0.6) is 0 Å². The smallest absolute Gasteiger partial charge is 0.0948 e. The lowest BCUT2D eigenvalue weighted by molar-refractivity contribution is 0.136. The van der Waals surface area contributed by atoms with Crippen LogP contribution in [0.15, 0.2) is 6.07 Å². The molecule has 0 bridgehead atoms. The molecule has 1 aliphatic rings. The van der Waals surface area contributed by atoms with E-state index in [4.69, 9.17) is 0 Å². The molecule has 0 amide bonds. The van der Waals surface area contributed by atoms with Crippen LogP contribution < -0.4 is 5.32 Å². The molecule has 17 heavy (non-hydrogen) atoms. The van der Waals surface area contributed by atoms with Gasteiger partial charge in [0.25, 0.3) is 0 Å². The van der Waals surface area contributed by atoms with Gasteiger partial charge in [0.1, 0.15) is 0 Å². The summed E-state index contributed by atoms with van der Waals surface area (Å²) in [6, 6.07) is 2.44. The summed E-state index contributed by atoms with van der Waals surface area (Å²) >= 11 is 0. The molecule has 94 valence electrons. The van der Waals surface area contributed by atoms with E-state index in [0.717, 1.165) is 18.5 Å². The van der Waals surface area contributed by atoms with E-state index in [1.165, 1.54) is 28.7 Å². The molecule has 0 aromatic heterocycles.